The van der Waals surface area contributed by atoms with E-state index in [-0.39, 0.29) is 0 Å². The molecular formula is C9H18N2S. The molecule has 0 aromatic rings. The first-order chi connectivity index (χ1) is 5.57. The van der Waals surface area contributed by atoms with Crippen molar-refractivity contribution >= 4 is 18.3 Å². The van der Waals surface area contributed by atoms with E-state index in [1.54, 1.807) is 0 Å². The van der Waals surface area contributed by atoms with E-state index in [2.05, 4.69) is 42.9 Å². The summed E-state index contributed by atoms with van der Waals surface area (Å²) in [6.45, 7) is 6.80. The van der Waals surface area contributed by atoms with Crippen molar-refractivity contribution in [3.63, 3.8) is 0 Å². The number of aliphatic imine (C=N–C) groups is 1. The first-order valence-corrected chi connectivity index (χ1v) is 4.61. The zero-order valence-corrected chi connectivity index (χ0v) is 9.15. The Labute approximate surface area is 80.6 Å². The highest BCUT2D eigenvalue weighted by atomic mass is 32.1. The van der Waals surface area contributed by atoms with Crippen LogP contribution in [0.25, 0.3) is 0 Å². The minimum absolute atomic E-state index is 0.310. The Hall–Kier alpha value is -0.280. The summed E-state index contributed by atoms with van der Waals surface area (Å²) < 4.78 is 0. The number of allylic oxidation sites excluding steroid dienone is 1. The van der Waals surface area contributed by atoms with E-state index in [9.17, 15) is 0 Å². The SMILES string of the molecule is CNC/N=C(C)\C=C(/C)C(C)S. The van der Waals surface area contributed by atoms with E-state index in [0.717, 1.165) is 5.71 Å². The smallest absolute Gasteiger partial charge is 0.0885 e. The second-order valence-corrected chi connectivity index (χ2v) is 3.65. The fourth-order valence-electron chi connectivity index (χ4n) is 0.699. The van der Waals surface area contributed by atoms with Crippen molar-refractivity contribution in [2.24, 2.45) is 4.99 Å². The van der Waals surface area contributed by atoms with Crippen molar-refractivity contribution in [3.05, 3.63) is 11.6 Å². The molecule has 1 N–H and O–H groups in total. The first-order valence-electron chi connectivity index (χ1n) is 4.09. The number of thiol groups is 1. The normalized spacial score (nSPS) is 16.4. The van der Waals surface area contributed by atoms with Crippen LogP contribution >= 0.6 is 12.6 Å². The number of hydrogen-bond acceptors (Lipinski definition) is 3. The molecule has 70 valence electrons. The highest BCUT2D eigenvalue weighted by Crippen LogP contribution is 2.06. The van der Waals surface area contributed by atoms with Crippen LogP contribution in [0.3, 0.4) is 0 Å². The predicted molar refractivity (Wildman–Crippen MR) is 59.2 cm³/mol. The summed E-state index contributed by atoms with van der Waals surface area (Å²) in [6, 6.07) is 0. The van der Waals surface area contributed by atoms with Gasteiger partial charge in [0.1, 0.15) is 0 Å². The molecule has 0 rings (SSSR count). The summed E-state index contributed by atoms with van der Waals surface area (Å²) >= 11 is 4.32. The highest BCUT2D eigenvalue weighted by Gasteiger charge is 1.96. The molecule has 1 unspecified atom stereocenters. The Bertz CT molecular complexity index is 183. The second-order valence-electron chi connectivity index (χ2n) is 2.88. The van der Waals surface area contributed by atoms with Crippen LogP contribution in [-0.4, -0.2) is 24.7 Å². The van der Waals surface area contributed by atoms with Crippen molar-refractivity contribution in [1.29, 1.82) is 0 Å². The van der Waals surface area contributed by atoms with Gasteiger partial charge in [0.25, 0.3) is 0 Å². The predicted octanol–water partition coefficient (Wildman–Crippen LogP) is 1.89. The summed E-state index contributed by atoms with van der Waals surface area (Å²) in [7, 11) is 1.88. The summed E-state index contributed by atoms with van der Waals surface area (Å²) in [5, 5.41) is 3.28. The van der Waals surface area contributed by atoms with Crippen molar-refractivity contribution in [2.45, 2.75) is 26.0 Å². The minimum atomic E-state index is 0.310. The van der Waals surface area contributed by atoms with Crippen LogP contribution in [0.2, 0.25) is 0 Å². The van der Waals surface area contributed by atoms with E-state index in [0.29, 0.717) is 11.9 Å². The summed E-state index contributed by atoms with van der Waals surface area (Å²) in [6.07, 6.45) is 2.06. The fourth-order valence-corrected chi connectivity index (χ4v) is 0.774. The fraction of sp³-hybridized carbons (Fsp3) is 0.667. The molecule has 0 saturated carbocycles. The molecule has 1 atom stereocenters. The summed E-state index contributed by atoms with van der Waals surface area (Å²) in [5.41, 5.74) is 2.29. The molecule has 0 bridgehead atoms. The third-order valence-corrected chi connectivity index (χ3v) is 1.99. The van der Waals surface area contributed by atoms with Gasteiger partial charge in [-0.25, -0.2) is 0 Å². The lowest BCUT2D eigenvalue weighted by molar-refractivity contribution is 0.834. The van der Waals surface area contributed by atoms with Crippen LogP contribution in [0, 0.1) is 0 Å². The molecule has 0 fully saturated rings. The van der Waals surface area contributed by atoms with Gasteiger partial charge in [0.15, 0.2) is 0 Å². The quantitative estimate of drug-likeness (QED) is 0.508. The minimum Gasteiger partial charge on any atom is -0.301 e. The van der Waals surface area contributed by atoms with Gasteiger partial charge < -0.3 is 5.32 Å². The monoisotopic (exact) mass is 186 g/mol. The standard InChI is InChI=1S/C9H18N2S/c1-7(9(3)12)5-8(2)11-6-10-4/h5,9-10,12H,6H2,1-4H3/b7-5+,11-8-. The van der Waals surface area contributed by atoms with Gasteiger partial charge in [-0.1, -0.05) is 5.57 Å². The van der Waals surface area contributed by atoms with Gasteiger partial charge in [-0.05, 0) is 33.9 Å². The molecule has 2 nitrogen and oxygen atoms in total. The van der Waals surface area contributed by atoms with Crippen LogP contribution in [-0.2, 0) is 0 Å². The number of rotatable bonds is 4. The number of hydrogen-bond donors (Lipinski definition) is 2. The third kappa shape index (κ3) is 5.38. The first kappa shape index (κ1) is 11.7. The number of nitrogens with zero attached hydrogens (tertiary/aromatic N) is 1. The van der Waals surface area contributed by atoms with Crippen LogP contribution in [0.5, 0.6) is 0 Å². The summed E-state index contributed by atoms with van der Waals surface area (Å²) in [5.74, 6) is 0. The van der Waals surface area contributed by atoms with Gasteiger partial charge in [0.2, 0.25) is 0 Å². The Morgan fingerprint density at radius 3 is 2.58 bits per heavy atom. The van der Waals surface area contributed by atoms with E-state index in [1.165, 1.54) is 5.57 Å². The van der Waals surface area contributed by atoms with E-state index in [1.807, 2.05) is 14.0 Å². The molecule has 0 aromatic carbocycles. The van der Waals surface area contributed by atoms with Crippen molar-refractivity contribution < 1.29 is 0 Å². The zero-order chi connectivity index (χ0) is 9.56. The maximum Gasteiger partial charge on any atom is 0.0885 e. The zero-order valence-electron chi connectivity index (χ0n) is 8.26. The average molecular weight is 186 g/mol. The largest absolute Gasteiger partial charge is 0.301 e. The Morgan fingerprint density at radius 1 is 1.58 bits per heavy atom. The maximum atomic E-state index is 4.32. The molecular weight excluding hydrogens is 168 g/mol. The van der Waals surface area contributed by atoms with E-state index >= 15 is 0 Å². The van der Waals surface area contributed by atoms with Crippen LogP contribution in [0.1, 0.15) is 20.8 Å². The van der Waals surface area contributed by atoms with Crippen LogP contribution < -0.4 is 5.32 Å². The van der Waals surface area contributed by atoms with Gasteiger partial charge in [-0.3, -0.25) is 4.99 Å². The van der Waals surface area contributed by atoms with Crippen molar-refractivity contribution in [3.8, 4) is 0 Å². The van der Waals surface area contributed by atoms with Crippen LogP contribution in [0.4, 0.5) is 0 Å². The lowest BCUT2D eigenvalue weighted by Gasteiger charge is -2.03. The van der Waals surface area contributed by atoms with Gasteiger partial charge >= 0.3 is 0 Å². The molecule has 0 aliphatic rings. The Balaban J connectivity index is 4.12. The highest BCUT2D eigenvalue weighted by molar-refractivity contribution is 7.81. The van der Waals surface area contributed by atoms with Gasteiger partial charge in [0, 0.05) is 11.0 Å². The van der Waals surface area contributed by atoms with E-state index < -0.39 is 0 Å². The van der Waals surface area contributed by atoms with Gasteiger partial charge in [0.05, 0.1) is 6.67 Å². The number of nitrogens with one attached hydrogen (secondary N) is 1. The summed E-state index contributed by atoms with van der Waals surface area (Å²) in [4.78, 5) is 4.26. The molecule has 3 heteroatoms. The molecule has 0 aliphatic carbocycles. The Kier molecular flexibility index (Phi) is 6.11. The molecule has 0 spiro atoms. The average Bonchev–Trinajstić information content (AvgIpc) is 2.00. The molecule has 0 amide bonds. The van der Waals surface area contributed by atoms with Crippen molar-refractivity contribution in [1.82, 2.24) is 5.32 Å². The van der Waals surface area contributed by atoms with Gasteiger partial charge in [-0.2, -0.15) is 12.6 Å². The van der Waals surface area contributed by atoms with E-state index in [4.69, 9.17) is 0 Å². The maximum absolute atomic E-state index is 4.32. The topological polar surface area (TPSA) is 24.4 Å². The molecule has 0 heterocycles. The molecule has 0 radical (unpaired) electrons. The van der Waals surface area contributed by atoms with Crippen molar-refractivity contribution in [2.75, 3.05) is 13.7 Å². The lowest BCUT2D eigenvalue weighted by Crippen LogP contribution is -2.07. The Morgan fingerprint density at radius 2 is 2.17 bits per heavy atom. The molecule has 0 saturated heterocycles. The third-order valence-electron chi connectivity index (χ3n) is 1.58. The van der Waals surface area contributed by atoms with Crippen LogP contribution in [0.15, 0.2) is 16.6 Å². The molecule has 0 aromatic heterocycles. The molecule has 12 heavy (non-hydrogen) atoms. The molecule has 0 aliphatic heterocycles. The second kappa shape index (κ2) is 6.26. The van der Waals surface area contributed by atoms with Gasteiger partial charge in [-0.15, -0.1) is 0 Å². The lowest BCUT2D eigenvalue weighted by atomic mass is 10.2.